The number of thioether (sulfide) groups is 1. The van der Waals surface area contributed by atoms with Crippen molar-refractivity contribution in [3.05, 3.63) is 89.5 Å². The molecule has 0 radical (unpaired) electrons. The number of hydrogen-bond donors (Lipinski definition) is 2. The van der Waals surface area contributed by atoms with Crippen LogP contribution in [0.25, 0.3) is 22.2 Å². The third kappa shape index (κ3) is 3.01. The number of phenolic OH excluding ortho intramolecular Hbond substituents is 1. The van der Waals surface area contributed by atoms with E-state index in [4.69, 9.17) is 0 Å². The lowest BCUT2D eigenvalue weighted by Gasteiger charge is -2.25. The van der Waals surface area contributed by atoms with Crippen LogP contribution in [-0.4, -0.2) is 15.2 Å². The van der Waals surface area contributed by atoms with Gasteiger partial charge in [-0.1, -0.05) is 72.4 Å². The minimum absolute atomic E-state index is 0. The summed E-state index contributed by atoms with van der Waals surface area (Å²) in [6.45, 7) is 0. The number of amidine groups is 1. The topological polar surface area (TPSA) is 47.9 Å². The molecule has 0 fully saturated rings. The number of fused-ring (bicyclic) bond motifs is 2. The number of aromatic hydroxyl groups is 1. The summed E-state index contributed by atoms with van der Waals surface area (Å²) in [6.07, 6.45) is 2.00. The first kappa shape index (κ1) is 17.7. The predicted molar refractivity (Wildman–Crippen MR) is 118 cm³/mol. The molecule has 2 N–H and O–H groups in total. The van der Waals surface area contributed by atoms with Gasteiger partial charge in [-0.05, 0) is 22.4 Å². The van der Waals surface area contributed by atoms with Crippen molar-refractivity contribution in [1.82, 2.24) is 10.3 Å². The van der Waals surface area contributed by atoms with Crippen molar-refractivity contribution in [3.8, 4) is 5.75 Å². The van der Waals surface area contributed by atoms with E-state index in [1.165, 1.54) is 0 Å². The van der Waals surface area contributed by atoms with E-state index in [1.807, 2.05) is 54.7 Å². The molecule has 27 heavy (non-hydrogen) atoms. The van der Waals surface area contributed by atoms with Gasteiger partial charge in [-0.25, -0.2) is 0 Å². The quantitative estimate of drug-likeness (QED) is 0.567. The van der Waals surface area contributed by atoms with Crippen LogP contribution in [0.5, 0.6) is 5.75 Å². The molecule has 6 heteroatoms. The highest BCUT2D eigenvalue weighted by molar-refractivity contribution is 8.93. The molecule has 0 unspecified atom stereocenters. The monoisotopic (exact) mass is 437 g/mol. The number of halogens is 1. The molecule has 0 atom stereocenters. The molecule has 0 bridgehead atoms. The maximum atomic E-state index is 10.5. The zero-order valence-electron chi connectivity index (χ0n) is 14.2. The first-order valence-electron chi connectivity index (χ1n) is 8.29. The maximum absolute atomic E-state index is 10.5. The van der Waals surface area contributed by atoms with Crippen LogP contribution in [0.15, 0.2) is 83.4 Å². The Bertz CT molecular complexity index is 1110. The van der Waals surface area contributed by atoms with E-state index in [2.05, 4.69) is 33.0 Å². The van der Waals surface area contributed by atoms with Crippen molar-refractivity contribution in [2.45, 2.75) is 0 Å². The standard InChI is InChI=1S/C21H15N3OS.BrH/c25-19-11-10-14-6-4-5-9-16(14)20(19)17-12-24-18(13-26-21(24)23-22-17)15-7-2-1-3-8-15;/h1-13,22,25H;1H. The van der Waals surface area contributed by atoms with E-state index in [-0.39, 0.29) is 22.7 Å². The number of hydrazone groups is 1. The molecule has 0 aromatic heterocycles. The van der Waals surface area contributed by atoms with E-state index < -0.39 is 0 Å². The normalized spacial score (nSPS) is 15.3. The summed E-state index contributed by atoms with van der Waals surface area (Å²) in [6, 6.07) is 21.9. The number of rotatable bonds is 2. The zero-order valence-corrected chi connectivity index (χ0v) is 16.7. The molecule has 3 aromatic carbocycles. The lowest BCUT2D eigenvalue weighted by Crippen LogP contribution is -2.26. The summed E-state index contributed by atoms with van der Waals surface area (Å²) in [5.74, 6) is 0.234. The van der Waals surface area contributed by atoms with E-state index in [1.54, 1.807) is 17.8 Å². The molecule has 4 nitrogen and oxygen atoms in total. The van der Waals surface area contributed by atoms with Crippen molar-refractivity contribution >= 4 is 56.1 Å². The van der Waals surface area contributed by atoms with Crippen LogP contribution in [0.2, 0.25) is 0 Å². The highest BCUT2D eigenvalue weighted by Gasteiger charge is 2.27. The number of hydrogen-bond acceptors (Lipinski definition) is 5. The van der Waals surface area contributed by atoms with E-state index in [0.717, 1.165) is 38.5 Å². The highest BCUT2D eigenvalue weighted by Crippen LogP contribution is 2.39. The fourth-order valence-corrected chi connectivity index (χ4v) is 4.11. The van der Waals surface area contributed by atoms with Crippen LogP contribution >= 0.6 is 28.7 Å². The van der Waals surface area contributed by atoms with Crippen LogP contribution in [-0.2, 0) is 0 Å². The maximum Gasteiger partial charge on any atom is 0.196 e. The molecule has 5 rings (SSSR count). The lowest BCUT2D eigenvalue weighted by molar-refractivity contribution is 0.474. The molecule has 0 amide bonds. The Morgan fingerprint density at radius 1 is 0.926 bits per heavy atom. The summed E-state index contributed by atoms with van der Waals surface area (Å²) in [5.41, 5.74) is 6.84. The fourth-order valence-electron chi connectivity index (χ4n) is 3.28. The molecule has 2 heterocycles. The Morgan fingerprint density at radius 2 is 1.70 bits per heavy atom. The molecular weight excluding hydrogens is 422 g/mol. The van der Waals surface area contributed by atoms with E-state index in [0.29, 0.717) is 0 Å². The smallest absolute Gasteiger partial charge is 0.196 e. The van der Waals surface area contributed by atoms with Gasteiger partial charge in [0.15, 0.2) is 5.17 Å². The minimum atomic E-state index is 0. The zero-order chi connectivity index (χ0) is 17.5. The van der Waals surface area contributed by atoms with Crippen LogP contribution < -0.4 is 5.43 Å². The molecule has 2 aliphatic rings. The lowest BCUT2D eigenvalue weighted by atomic mass is 10.0. The Kier molecular flexibility index (Phi) is 4.68. The molecule has 134 valence electrons. The molecule has 0 saturated carbocycles. The predicted octanol–water partition coefficient (Wildman–Crippen LogP) is 5.34. The number of nitrogens with one attached hydrogen (secondary N) is 1. The van der Waals surface area contributed by atoms with Crippen molar-refractivity contribution < 1.29 is 5.11 Å². The SMILES string of the molecule is Br.Oc1ccc2ccccc2c1C1=CN2C(c3ccccc3)=CSC2=NN1. The van der Waals surface area contributed by atoms with Crippen molar-refractivity contribution in [3.63, 3.8) is 0 Å². The third-order valence-corrected chi connectivity index (χ3v) is 5.36. The number of phenols is 1. The molecule has 2 aliphatic heterocycles. The molecule has 0 saturated heterocycles. The largest absolute Gasteiger partial charge is 0.507 e. The van der Waals surface area contributed by atoms with Gasteiger partial charge in [0.1, 0.15) is 5.75 Å². The van der Waals surface area contributed by atoms with Crippen molar-refractivity contribution in [1.29, 1.82) is 0 Å². The second-order valence-corrected chi connectivity index (χ2v) is 6.92. The average Bonchev–Trinajstić information content (AvgIpc) is 3.12. The number of nitrogens with zero attached hydrogens (tertiary/aromatic N) is 2. The molecule has 0 spiro atoms. The van der Waals surface area contributed by atoms with Crippen LogP contribution in [0, 0.1) is 0 Å². The first-order chi connectivity index (χ1) is 12.8. The first-order valence-corrected chi connectivity index (χ1v) is 9.17. The molecular formula is C21H16BrN3OS. The van der Waals surface area contributed by atoms with Gasteiger partial charge in [-0.2, -0.15) is 0 Å². The van der Waals surface area contributed by atoms with Gasteiger partial charge in [-0.15, -0.1) is 22.1 Å². The Morgan fingerprint density at radius 3 is 2.56 bits per heavy atom. The van der Waals surface area contributed by atoms with Gasteiger partial charge in [0.05, 0.1) is 17.0 Å². The van der Waals surface area contributed by atoms with Crippen molar-refractivity contribution in [2.24, 2.45) is 5.10 Å². The van der Waals surface area contributed by atoms with Gasteiger partial charge < -0.3 is 5.11 Å². The van der Waals surface area contributed by atoms with Crippen LogP contribution in [0.3, 0.4) is 0 Å². The summed E-state index contributed by atoms with van der Waals surface area (Å²) in [7, 11) is 0. The van der Waals surface area contributed by atoms with Crippen LogP contribution in [0.4, 0.5) is 0 Å². The average molecular weight is 438 g/mol. The second kappa shape index (κ2) is 7.13. The minimum Gasteiger partial charge on any atom is -0.507 e. The Balaban J connectivity index is 0.00000180. The highest BCUT2D eigenvalue weighted by atomic mass is 79.9. The Hall–Kier alpha value is -2.70. The van der Waals surface area contributed by atoms with Gasteiger partial charge in [0.2, 0.25) is 0 Å². The Labute approximate surface area is 171 Å². The van der Waals surface area contributed by atoms with Crippen LogP contribution in [0.1, 0.15) is 11.1 Å². The summed E-state index contributed by atoms with van der Waals surface area (Å²) < 4.78 is 0. The van der Waals surface area contributed by atoms with Gasteiger partial charge in [0.25, 0.3) is 0 Å². The summed E-state index contributed by atoms with van der Waals surface area (Å²) in [5, 5.41) is 20.0. The second-order valence-electron chi connectivity index (χ2n) is 6.09. The summed E-state index contributed by atoms with van der Waals surface area (Å²) >= 11 is 1.58. The molecule has 0 aliphatic carbocycles. The van der Waals surface area contributed by atoms with Gasteiger partial charge in [0, 0.05) is 11.6 Å². The van der Waals surface area contributed by atoms with E-state index >= 15 is 0 Å². The van der Waals surface area contributed by atoms with Gasteiger partial charge in [-0.3, -0.25) is 10.3 Å². The number of benzene rings is 3. The summed E-state index contributed by atoms with van der Waals surface area (Å²) in [4.78, 5) is 2.06. The molecule has 3 aromatic rings. The van der Waals surface area contributed by atoms with E-state index in [9.17, 15) is 5.11 Å². The third-order valence-electron chi connectivity index (χ3n) is 4.52. The van der Waals surface area contributed by atoms with Crippen molar-refractivity contribution in [2.75, 3.05) is 0 Å². The van der Waals surface area contributed by atoms with Gasteiger partial charge >= 0.3 is 0 Å². The fraction of sp³-hybridized carbons (Fsp3) is 0.